The summed E-state index contributed by atoms with van der Waals surface area (Å²) in [6.45, 7) is 6.31. The van der Waals surface area contributed by atoms with Crippen molar-refractivity contribution in [3.63, 3.8) is 0 Å². The highest BCUT2D eigenvalue weighted by atomic mass is 79.9. The van der Waals surface area contributed by atoms with Crippen LogP contribution in [0.1, 0.15) is 29.7 Å². The van der Waals surface area contributed by atoms with Gasteiger partial charge in [0.05, 0.1) is 16.7 Å². The molecule has 3 nitrogen and oxygen atoms in total. The first kappa shape index (κ1) is 12.2. The van der Waals surface area contributed by atoms with Crippen LogP contribution in [0.3, 0.4) is 0 Å². The summed E-state index contributed by atoms with van der Waals surface area (Å²) in [6, 6.07) is 6.65. The summed E-state index contributed by atoms with van der Waals surface area (Å²) in [5, 5.41) is 4.30. The number of benzene rings is 1. The molecule has 1 unspecified atom stereocenters. The van der Waals surface area contributed by atoms with Crippen molar-refractivity contribution in [2.45, 2.75) is 26.8 Å². The SMILES string of the molecule is Cc1cc(C)cc(C(C)n2ncc(Br)c2N)c1. The van der Waals surface area contributed by atoms with Gasteiger partial charge in [-0.2, -0.15) is 5.10 Å². The Bertz CT molecular complexity index is 525. The molecule has 90 valence electrons. The van der Waals surface area contributed by atoms with Crippen molar-refractivity contribution in [1.29, 1.82) is 0 Å². The minimum Gasteiger partial charge on any atom is -0.383 e. The van der Waals surface area contributed by atoms with Gasteiger partial charge in [0.15, 0.2) is 0 Å². The molecule has 0 spiro atoms. The fourth-order valence-electron chi connectivity index (χ4n) is 2.05. The molecule has 1 aromatic heterocycles. The van der Waals surface area contributed by atoms with Crippen LogP contribution in [0.4, 0.5) is 5.82 Å². The first-order valence-electron chi connectivity index (χ1n) is 5.55. The number of anilines is 1. The summed E-state index contributed by atoms with van der Waals surface area (Å²) in [5.41, 5.74) is 9.72. The van der Waals surface area contributed by atoms with E-state index < -0.39 is 0 Å². The van der Waals surface area contributed by atoms with Gasteiger partial charge in [-0.15, -0.1) is 0 Å². The van der Waals surface area contributed by atoms with Crippen LogP contribution in [0.2, 0.25) is 0 Å². The summed E-state index contributed by atoms with van der Waals surface area (Å²) in [5.74, 6) is 0.664. The van der Waals surface area contributed by atoms with Gasteiger partial charge in [0.25, 0.3) is 0 Å². The lowest BCUT2D eigenvalue weighted by atomic mass is 10.0. The molecule has 1 aromatic carbocycles. The molecule has 17 heavy (non-hydrogen) atoms. The number of nitrogens with two attached hydrogens (primary N) is 1. The monoisotopic (exact) mass is 293 g/mol. The molecule has 0 fully saturated rings. The maximum absolute atomic E-state index is 5.97. The molecular formula is C13H16BrN3. The summed E-state index contributed by atoms with van der Waals surface area (Å²) in [7, 11) is 0. The average molecular weight is 294 g/mol. The number of nitrogen functional groups attached to an aromatic ring is 1. The van der Waals surface area contributed by atoms with E-state index in [-0.39, 0.29) is 6.04 Å². The molecule has 2 N–H and O–H groups in total. The Balaban J connectivity index is 2.43. The second kappa shape index (κ2) is 4.53. The van der Waals surface area contributed by atoms with Crippen LogP contribution in [0.5, 0.6) is 0 Å². The van der Waals surface area contributed by atoms with Gasteiger partial charge < -0.3 is 5.73 Å². The van der Waals surface area contributed by atoms with E-state index in [0.29, 0.717) is 5.82 Å². The van der Waals surface area contributed by atoms with Crippen molar-refractivity contribution < 1.29 is 0 Å². The van der Waals surface area contributed by atoms with E-state index in [4.69, 9.17) is 5.73 Å². The molecule has 1 heterocycles. The third kappa shape index (κ3) is 2.36. The largest absolute Gasteiger partial charge is 0.383 e. The van der Waals surface area contributed by atoms with Crippen molar-refractivity contribution in [1.82, 2.24) is 9.78 Å². The van der Waals surface area contributed by atoms with Gasteiger partial charge in [0.2, 0.25) is 0 Å². The Labute approximate surface area is 110 Å². The second-order valence-electron chi connectivity index (χ2n) is 4.42. The molecule has 0 saturated carbocycles. The maximum Gasteiger partial charge on any atom is 0.136 e. The smallest absolute Gasteiger partial charge is 0.136 e. The summed E-state index contributed by atoms with van der Waals surface area (Å²) in [6.07, 6.45) is 1.73. The molecule has 0 aliphatic heterocycles. The van der Waals surface area contributed by atoms with E-state index in [2.05, 4.69) is 60.0 Å². The highest BCUT2D eigenvalue weighted by molar-refractivity contribution is 9.10. The second-order valence-corrected chi connectivity index (χ2v) is 5.27. The highest BCUT2D eigenvalue weighted by Gasteiger charge is 2.13. The van der Waals surface area contributed by atoms with E-state index in [1.54, 1.807) is 6.20 Å². The lowest BCUT2D eigenvalue weighted by Gasteiger charge is -2.15. The quantitative estimate of drug-likeness (QED) is 0.922. The molecule has 0 amide bonds. The molecule has 2 aromatic rings. The van der Waals surface area contributed by atoms with Crippen molar-refractivity contribution in [3.05, 3.63) is 45.6 Å². The average Bonchev–Trinajstić information content (AvgIpc) is 2.57. The summed E-state index contributed by atoms with van der Waals surface area (Å²) >= 11 is 3.38. The molecule has 0 saturated heterocycles. The van der Waals surface area contributed by atoms with Gasteiger partial charge in [-0.25, -0.2) is 4.68 Å². The number of hydrogen-bond acceptors (Lipinski definition) is 2. The lowest BCUT2D eigenvalue weighted by molar-refractivity contribution is 0.572. The highest BCUT2D eigenvalue weighted by Crippen LogP contribution is 2.26. The Morgan fingerprint density at radius 3 is 2.29 bits per heavy atom. The van der Waals surface area contributed by atoms with Crippen LogP contribution in [-0.4, -0.2) is 9.78 Å². The first-order valence-corrected chi connectivity index (χ1v) is 6.35. The number of nitrogens with zero attached hydrogens (tertiary/aromatic N) is 2. The Kier molecular flexibility index (Phi) is 3.24. The van der Waals surface area contributed by atoms with E-state index in [1.807, 2.05) is 4.68 Å². The van der Waals surface area contributed by atoms with Crippen LogP contribution in [0.25, 0.3) is 0 Å². The zero-order valence-electron chi connectivity index (χ0n) is 10.2. The van der Waals surface area contributed by atoms with E-state index >= 15 is 0 Å². The van der Waals surface area contributed by atoms with Crippen LogP contribution < -0.4 is 5.73 Å². The maximum atomic E-state index is 5.97. The Morgan fingerprint density at radius 1 is 1.24 bits per heavy atom. The predicted octanol–water partition coefficient (Wildman–Crippen LogP) is 3.45. The minimum atomic E-state index is 0.139. The molecule has 1 atom stereocenters. The zero-order valence-corrected chi connectivity index (χ0v) is 11.8. The van der Waals surface area contributed by atoms with Gasteiger partial charge in [0.1, 0.15) is 5.82 Å². The fraction of sp³-hybridized carbons (Fsp3) is 0.308. The van der Waals surface area contributed by atoms with Crippen LogP contribution >= 0.6 is 15.9 Å². The standard InChI is InChI=1S/C13H16BrN3/c1-8-4-9(2)6-11(5-8)10(3)17-13(15)12(14)7-16-17/h4-7,10H,15H2,1-3H3. The van der Waals surface area contributed by atoms with Crippen LogP contribution in [0.15, 0.2) is 28.9 Å². The minimum absolute atomic E-state index is 0.139. The van der Waals surface area contributed by atoms with Gasteiger partial charge in [0, 0.05) is 0 Å². The van der Waals surface area contributed by atoms with Gasteiger partial charge in [-0.3, -0.25) is 0 Å². The third-order valence-corrected chi connectivity index (χ3v) is 3.49. The van der Waals surface area contributed by atoms with Crippen molar-refractivity contribution in [2.75, 3.05) is 5.73 Å². The van der Waals surface area contributed by atoms with Gasteiger partial charge in [-0.1, -0.05) is 29.3 Å². The number of hydrogen-bond donors (Lipinski definition) is 1. The fourth-order valence-corrected chi connectivity index (χ4v) is 2.32. The summed E-state index contributed by atoms with van der Waals surface area (Å²) < 4.78 is 2.67. The van der Waals surface area contributed by atoms with Crippen molar-refractivity contribution in [2.24, 2.45) is 0 Å². The molecular weight excluding hydrogens is 278 g/mol. The molecule has 0 radical (unpaired) electrons. The normalized spacial score (nSPS) is 12.7. The Hall–Kier alpha value is -1.29. The first-order chi connectivity index (χ1) is 7.99. The Morgan fingerprint density at radius 2 is 1.82 bits per heavy atom. The predicted molar refractivity (Wildman–Crippen MR) is 74.1 cm³/mol. The van der Waals surface area contributed by atoms with Crippen molar-refractivity contribution >= 4 is 21.7 Å². The zero-order chi connectivity index (χ0) is 12.6. The lowest BCUT2D eigenvalue weighted by Crippen LogP contribution is -2.11. The molecule has 2 rings (SSSR count). The molecule has 0 aliphatic rings. The van der Waals surface area contributed by atoms with Gasteiger partial charge >= 0.3 is 0 Å². The molecule has 4 heteroatoms. The third-order valence-electron chi connectivity index (χ3n) is 2.88. The van der Waals surface area contributed by atoms with E-state index in [0.717, 1.165) is 4.47 Å². The molecule has 0 bridgehead atoms. The number of aryl methyl sites for hydroxylation is 2. The van der Waals surface area contributed by atoms with Crippen LogP contribution in [0, 0.1) is 13.8 Å². The summed E-state index contributed by atoms with van der Waals surface area (Å²) in [4.78, 5) is 0. The van der Waals surface area contributed by atoms with E-state index in [9.17, 15) is 0 Å². The topological polar surface area (TPSA) is 43.8 Å². The van der Waals surface area contributed by atoms with Crippen molar-refractivity contribution in [3.8, 4) is 0 Å². The van der Waals surface area contributed by atoms with Crippen LogP contribution in [-0.2, 0) is 0 Å². The number of halogens is 1. The number of aromatic nitrogens is 2. The molecule has 0 aliphatic carbocycles. The van der Waals surface area contributed by atoms with E-state index in [1.165, 1.54) is 16.7 Å². The number of rotatable bonds is 2. The van der Waals surface area contributed by atoms with Gasteiger partial charge in [-0.05, 0) is 42.3 Å².